The van der Waals surface area contributed by atoms with E-state index in [1.165, 1.54) is 5.56 Å². The number of halogens is 1. The molecule has 1 amide bonds. The molecule has 234 valence electrons. The predicted octanol–water partition coefficient (Wildman–Crippen LogP) is 6.52. The second-order valence-corrected chi connectivity index (χ2v) is 15.1. The second-order valence-electron chi connectivity index (χ2n) is 12.7. The Hall–Kier alpha value is -2.55. The van der Waals surface area contributed by atoms with Gasteiger partial charge in [0.15, 0.2) is 0 Å². The molecule has 0 spiro atoms. The van der Waals surface area contributed by atoms with Crippen LogP contribution in [0.2, 0.25) is 5.02 Å². The van der Waals surface area contributed by atoms with Crippen molar-refractivity contribution in [2.24, 2.45) is 23.7 Å². The molecule has 1 saturated carbocycles. The van der Waals surface area contributed by atoms with Gasteiger partial charge in [-0.1, -0.05) is 43.7 Å². The smallest absolute Gasteiger partial charge is 0.264 e. The molecular weight excluding hydrogens is 584 g/mol. The van der Waals surface area contributed by atoms with Crippen LogP contribution in [0.15, 0.2) is 48.6 Å². The molecule has 1 unspecified atom stereocenters. The van der Waals surface area contributed by atoms with Gasteiger partial charge in [0, 0.05) is 29.6 Å². The van der Waals surface area contributed by atoms with Gasteiger partial charge in [-0.15, -0.1) is 0 Å². The number of benzene rings is 2. The molecule has 0 radical (unpaired) electrons. The fourth-order valence-corrected chi connectivity index (χ4v) is 8.23. The number of nitrogens with zero attached hydrogens (tertiary/aromatic N) is 1. The highest BCUT2D eigenvalue weighted by Crippen LogP contribution is 2.44. The van der Waals surface area contributed by atoms with Gasteiger partial charge >= 0.3 is 0 Å². The van der Waals surface area contributed by atoms with Gasteiger partial charge in [-0.3, -0.25) is 4.79 Å². The van der Waals surface area contributed by atoms with Gasteiger partial charge in [-0.05, 0) is 111 Å². The van der Waals surface area contributed by atoms with E-state index in [0.717, 1.165) is 56.4 Å². The van der Waals surface area contributed by atoms with Crippen molar-refractivity contribution in [1.82, 2.24) is 4.72 Å². The molecule has 1 aliphatic carbocycles. The van der Waals surface area contributed by atoms with Crippen molar-refractivity contribution in [2.75, 3.05) is 18.0 Å². The average Bonchev–Trinajstić information content (AvgIpc) is 3.00. The molecule has 5 rings (SSSR count). The zero-order valence-electron chi connectivity index (χ0n) is 25.5. The Balaban J connectivity index is 1.56. The van der Waals surface area contributed by atoms with E-state index in [0.29, 0.717) is 42.1 Å². The molecule has 2 N–H and O–H groups in total. The van der Waals surface area contributed by atoms with Crippen molar-refractivity contribution in [2.45, 2.75) is 83.7 Å². The lowest BCUT2D eigenvalue weighted by atomic mass is 9.64. The van der Waals surface area contributed by atoms with Crippen LogP contribution in [0, 0.1) is 23.7 Å². The molecular formula is C34H45ClN2O5S. The van der Waals surface area contributed by atoms with E-state index in [9.17, 15) is 18.3 Å². The Morgan fingerprint density at radius 3 is 2.67 bits per heavy atom. The molecule has 9 heteroatoms. The molecule has 2 aromatic rings. The molecule has 3 aliphatic rings. The molecule has 2 heterocycles. The van der Waals surface area contributed by atoms with E-state index in [2.05, 4.69) is 15.7 Å². The molecule has 6 atom stereocenters. The minimum Gasteiger partial charge on any atom is -0.487 e. The Morgan fingerprint density at radius 1 is 1.12 bits per heavy atom. The number of amides is 1. The number of allylic oxidation sites excluding steroid dienone is 1. The van der Waals surface area contributed by atoms with Crippen LogP contribution in [0.5, 0.6) is 5.75 Å². The maximum Gasteiger partial charge on any atom is 0.264 e. The summed E-state index contributed by atoms with van der Waals surface area (Å²) >= 11 is 6.33. The van der Waals surface area contributed by atoms with Crippen LogP contribution in [0.3, 0.4) is 0 Å². The van der Waals surface area contributed by atoms with E-state index in [-0.39, 0.29) is 17.4 Å². The van der Waals surface area contributed by atoms with Gasteiger partial charge in [0.05, 0.1) is 17.0 Å². The number of nitrogens with one attached hydrogen (secondary N) is 1. The molecule has 0 saturated heterocycles. The van der Waals surface area contributed by atoms with Crippen molar-refractivity contribution in [1.29, 1.82) is 0 Å². The standard InChI is InChI=1S/C34H45ClN2O5S/c1-4-32(38)30-10-7-8-22(2)23(3)43(40,41)36-34(39)25-13-16-33-31(19-25)37(20-26-12-15-29(26)30)17-6-5-9-24-18-28(35)14-11-27(24)21-42-33/h7,10-11,13-14,16,18-19,22-23,26,29-30,32,38H,4-6,8-9,12,15,17,20-21H2,1-3H3,(H,36,39)/b10-7+/t22-,23+,26-,29+,30?,32-/m0/s1. The largest absolute Gasteiger partial charge is 0.487 e. The van der Waals surface area contributed by atoms with Gasteiger partial charge in [0.2, 0.25) is 10.0 Å². The normalized spacial score (nSPS) is 29.4. The number of ether oxygens (including phenoxy) is 1. The fourth-order valence-electron chi connectivity index (χ4n) is 6.75. The quantitative estimate of drug-likeness (QED) is 0.368. The summed E-state index contributed by atoms with van der Waals surface area (Å²) in [4.78, 5) is 15.7. The van der Waals surface area contributed by atoms with Crippen LogP contribution in [0.4, 0.5) is 5.69 Å². The molecule has 2 aliphatic heterocycles. The van der Waals surface area contributed by atoms with E-state index in [4.69, 9.17) is 16.3 Å². The van der Waals surface area contributed by atoms with Crippen molar-refractivity contribution in [3.8, 4) is 5.75 Å². The Morgan fingerprint density at radius 2 is 1.93 bits per heavy atom. The van der Waals surface area contributed by atoms with Gasteiger partial charge < -0.3 is 14.7 Å². The third-order valence-electron chi connectivity index (χ3n) is 9.92. The summed E-state index contributed by atoms with van der Waals surface area (Å²) in [5.74, 6) is 0.543. The first-order valence-electron chi connectivity index (χ1n) is 15.8. The number of aliphatic hydroxyl groups is 1. The summed E-state index contributed by atoms with van der Waals surface area (Å²) in [5, 5.41) is 11.0. The van der Waals surface area contributed by atoms with Crippen LogP contribution in [0.1, 0.15) is 80.8 Å². The van der Waals surface area contributed by atoms with E-state index in [1.54, 1.807) is 25.1 Å². The number of carbonyl (C=O) groups is 1. The minimum atomic E-state index is -3.92. The maximum atomic E-state index is 13.4. The summed E-state index contributed by atoms with van der Waals surface area (Å²) in [6, 6.07) is 11.1. The van der Waals surface area contributed by atoms with E-state index in [1.807, 2.05) is 38.1 Å². The number of anilines is 1. The molecule has 43 heavy (non-hydrogen) atoms. The molecule has 2 bridgehead atoms. The van der Waals surface area contributed by atoms with Crippen LogP contribution in [0.25, 0.3) is 0 Å². The van der Waals surface area contributed by atoms with E-state index < -0.39 is 27.3 Å². The second kappa shape index (κ2) is 13.6. The van der Waals surface area contributed by atoms with Gasteiger partial charge in [-0.25, -0.2) is 13.1 Å². The first-order chi connectivity index (χ1) is 20.6. The summed E-state index contributed by atoms with van der Waals surface area (Å²) < 4.78 is 35.3. The molecule has 0 aromatic heterocycles. The summed E-state index contributed by atoms with van der Waals surface area (Å²) in [6.07, 6.45) is 9.85. The highest BCUT2D eigenvalue weighted by atomic mass is 35.5. The van der Waals surface area contributed by atoms with Crippen molar-refractivity contribution < 1.29 is 23.1 Å². The third kappa shape index (κ3) is 7.23. The van der Waals surface area contributed by atoms with Gasteiger partial charge in [0.1, 0.15) is 12.4 Å². The van der Waals surface area contributed by atoms with E-state index >= 15 is 0 Å². The minimum absolute atomic E-state index is 0.0145. The number of sulfonamides is 1. The lowest BCUT2D eigenvalue weighted by Crippen LogP contribution is -2.44. The number of aryl methyl sites for hydroxylation is 1. The van der Waals surface area contributed by atoms with Crippen LogP contribution < -0.4 is 14.4 Å². The van der Waals surface area contributed by atoms with Crippen molar-refractivity contribution in [3.05, 3.63) is 70.3 Å². The SMILES string of the molecule is CC[C@H](O)C1/C=C/C[C@H](C)[C@@H](C)S(=O)(=O)NC(=O)c2ccc3c(c2)N(CCCCc2cc(Cl)ccc2CO3)C[C@@H]2CC[C@@H]12. The predicted molar refractivity (Wildman–Crippen MR) is 172 cm³/mol. The Labute approximate surface area is 261 Å². The lowest BCUT2D eigenvalue weighted by molar-refractivity contribution is 0.0317. The number of aliphatic hydroxyl groups excluding tert-OH is 1. The number of fused-ring (bicyclic) bond motifs is 3. The van der Waals surface area contributed by atoms with Gasteiger partial charge in [-0.2, -0.15) is 0 Å². The van der Waals surface area contributed by atoms with Crippen LogP contribution in [-0.2, 0) is 23.1 Å². The first kappa shape index (κ1) is 31.9. The number of carbonyl (C=O) groups excluding carboxylic acids is 1. The number of rotatable bonds is 2. The maximum absolute atomic E-state index is 13.4. The topological polar surface area (TPSA) is 95.9 Å². The first-order valence-corrected chi connectivity index (χ1v) is 17.7. The molecule has 1 fully saturated rings. The number of hydrogen-bond donors (Lipinski definition) is 2. The highest BCUT2D eigenvalue weighted by molar-refractivity contribution is 7.90. The molecule has 7 nitrogen and oxygen atoms in total. The van der Waals surface area contributed by atoms with Crippen LogP contribution >= 0.6 is 11.6 Å². The van der Waals surface area contributed by atoms with Crippen LogP contribution in [-0.4, -0.2) is 43.9 Å². The summed E-state index contributed by atoms with van der Waals surface area (Å²) in [7, 11) is -3.92. The van der Waals surface area contributed by atoms with Crippen molar-refractivity contribution >= 4 is 33.2 Å². The highest BCUT2D eigenvalue weighted by Gasteiger charge is 2.40. The lowest BCUT2D eigenvalue weighted by Gasteiger charge is -2.45. The zero-order valence-corrected chi connectivity index (χ0v) is 27.0. The fraction of sp³-hybridized carbons (Fsp3) is 0.559. The zero-order chi connectivity index (χ0) is 30.7. The van der Waals surface area contributed by atoms with Gasteiger partial charge in [0.25, 0.3) is 5.91 Å². The van der Waals surface area contributed by atoms with Crippen molar-refractivity contribution in [3.63, 3.8) is 0 Å². The number of hydrogen-bond acceptors (Lipinski definition) is 6. The Bertz CT molecular complexity index is 1440. The summed E-state index contributed by atoms with van der Waals surface area (Å²) in [6.45, 7) is 7.46. The molecule has 2 aromatic carbocycles. The summed E-state index contributed by atoms with van der Waals surface area (Å²) in [5.41, 5.74) is 3.34. The average molecular weight is 629 g/mol. The third-order valence-corrected chi connectivity index (χ3v) is 12.1. The Kier molecular flexibility index (Phi) is 10.1. The monoisotopic (exact) mass is 628 g/mol.